The molecule has 7 nitrogen and oxygen atoms in total. The summed E-state index contributed by atoms with van der Waals surface area (Å²) in [7, 11) is -3.75. The zero-order chi connectivity index (χ0) is 25.3. The van der Waals surface area contributed by atoms with Crippen molar-refractivity contribution in [3.05, 3.63) is 107 Å². The Morgan fingerprint density at radius 3 is 2.50 bits per heavy atom. The number of aromatic nitrogens is 1. The smallest absolute Gasteiger partial charge is 0.261 e. The summed E-state index contributed by atoms with van der Waals surface area (Å²) < 4.78 is 34.3. The van der Waals surface area contributed by atoms with Gasteiger partial charge in [0.15, 0.2) is 5.13 Å². The highest BCUT2D eigenvalue weighted by molar-refractivity contribution is 7.92. The average Bonchev–Trinajstić information content (AvgIpc) is 3.52. The van der Waals surface area contributed by atoms with Gasteiger partial charge in [0.2, 0.25) is 0 Å². The third-order valence-corrected chi connectivity index (χ3v) is 8.10. The van der Waals surface area contributed by atoms with Crippen LogP contribution in [0.5, 0.6) is 0 Å². The predicted molar refractivity (Wildman–Crippen MR) is 142 cm³/mol. The van der Waals surface area contributed by atoms with Gasteiger partial charge in [-0.1, -0.05) is 40.6 Å². The van der Waals surface area contributed by atoms with Crippen molar-refractivity contribution < 1.29 is 17.6 Å². The molecule has 0 spiro atoms. The fourth-order valence-corrected chi connectivity index (χ4v) is 5.85. The Balaban J connectivity index is 1.41. The lowest BCUT2D eigenvalue weighted by Crippen LogP contribution is -2.30. The molecule has 0 fully saturated rings. The van der Waals surface area contributed by atoms with Crippen LogP contribution in [0.15, 0.2) is 94.4 Å². The maximum absolute atomic E-state index is 13.6. The van der Waals surface area contributed by atoms with Crippen LogP contribution in [0.4, 0.5) is 10.8 Å². The number of thiazole rings is 1. The highest BCUT2D eigenvalue weighted by atomic mass is 35.5. The van der Waals surface area contributed by atoms with E-state index in [1.807, 2.05) is 19.1 Å². The molecular formula is C26H20ClN3O4S2. The van der Waals surface area contributed by atoms with Gasteiger partial charge in [-0.15, -0.1) is 0 Å². The number of nitrogens with one attached hydrogen (secondary N) is 1. The fourth-order valence-electron chi connectivity index (χ4n) is 3.55. The molecule has 5 aromatic rings. The highest BCUT2D eigenvalue weighted by Crippen LogP contribution is 2.32. The maximum Gasteiger partial charge on any atom is 0.261 e. The summed E-state index contributed by atoms with van der Waals surface area (Å²) in [6.45, 7) is 2.07. The molecule has 3 aromatic carbocycles. The number of sulfonamides is 1. The van der Waals surface area contributed by atoms with E-state index >= 15 is 0 Å². The van der Waals surface area contributed by atoms with E-state index in [-0.39, 0.29) is 17.3 Å². The molecule has 0 saturated heterocycles. The number of amides is 1. The topological polar surface area (TPSA) is 92.5 Å². The molecule has 182 valence electrons. The first-order valence-corrected chi connectivity index (χ1v) is 13.6. The predicted octanol–water partition coefficient (Wildman–Crippen LogP) is 6.50. The van der Waals surface area contributed by atoms with Crippen LogP contribution < -0.4 is 9.62 Å². The van der Waals surface area contributed by atoms with Crippen LogP contribution >= 0.6 is 22.9 Å². The van der Waals surface area contributed by atoms with Gasteiger partial charge in [0.05, 0.1) is 27.9 Å². The second-order valence-electron chi connectivity index (χ2n) is 8.08. The normalized spacial score (nSPS) is 11.5. The minimum absolute atomic E-state index is 0.161. The maximum atomic E-state index is 13.6. The summed E-state index contributed by atoms with van der Waals surface area (Å²) in [6.07, 6.45) is 1.55. The number of nitrogens with zero attached hydrogens (tertiary/aromatic N) is 2. The third-order valence-electron chi connectivity index (χ3n) is 5.42. The Morgan fingerprint density at radius 2 is 1.81 bits per heavy atom. The van der Waals surface area contributed by atoms with Gasteiger partial charge in [0, 0.05) is 16.3 Å². The van der Waals surface area contributed by atoms with Gasteiger partial charge in [-0.05, 0) is 73.7 Å². The van der Waals surface area contributed by atoms with Gasteiger partial charge in [0.25, 0.3) is 15.9 Å². The molecule has 0 atom stereocenters. The molecule has 1 N–H and O–H groups in total. The van der Waals surface area contributed by atoms with Crippen molar-refractivity contribution in [1.29, 1.82) is 0 Å². The minimum Gasteiger partial charge on any atom is -0.467 e. The van der Waals surface area contributed by atoms with E-state index in [4.69, 9.17) is 16.0 Å². The van der Waals surface area contributed by atoms with Crippen LogP contribution in [0.25, 0.3) is 10.2 Å². The van der Waals surface area contributed by atoms with E-state index in [9.17, 15) is 13.2 Å². The van der Waals surface area contributed by atoms with Crippen LogP contribution in [-0.4, -0.2) is 19.3 Å². The first-order valence-electron chi connectivity index (χ1n) is 10.9. The van der Waals surface area contributed by atoms with Gasteiger partial charge in [-0.3, -0.25) is 14.4 Å². The summed E-state index contributed by atoms with van der Waals surface area (Å²) in [5.74, 6) is 0.299. The van der Waals surface area contributed by atoms with Crippen molar-refractivity contribution in [3.8, 4) is 0 Å². The number of anilines is 2. The number of aryl methyl sites for hydroxylation is 1. The molecule has 2 heterocycles. The number of fused-ring (bicyclic) bond motifs is 1. The highest BCUT2D eigenvalue weighted by Gasteiger charge is 2.23. The molecule has 36 heavy (non-hydrogen) atoms. The minimum atomic E-state index is -3.75. The molecule has 0 unspecified atom stereocenters. The van der Waals surface area contributed by atoms with E-state index in [0.29, 0.717) is 27.2 Å². The van der Waals surface area contributed by atoms with Gasteiger partial charge in [0.1, 0.15) is 5.76 Å². The lowest BCUT2D eigenvalue weighted by atomic mass is 10.2. The molecule has 0 aliphatic carbocycles. The first kappa shape index (κ1) is 24.1. The third kappa shape index (κ3) is 5.13. The van der Waals surface area contributed by atoms with Crippen molar-refractivity contribution in [2.75, 3.05) is 9.62 Å². The van der Waals surface area contributed by atoms with Crippen molar-refractivity contribution in [2.45, 2.75) is 18.4 Å². The van der Waals surface area contributed by atoms with Crippen molar-refractivity contribution >= 4 is 59.9 Å². The van der Waals surface area contributed by atoms with E-state index in [1.165, 1.54) is 16.2 Å². The van der Waals surface area contributed by atoms with Crippen LogP contribution in [0.2, 0.25) is 5.02 Å². The monoisotopic (exact) mass is 537 g/mol. The number of carbonyl (C=O) groups excluding carboxylic acids is 1. The van der Waals surface area contributed by atoms with E-state index in [2.05, 4.69) is 9.71 Å². The summed E-state index contributed by atoms with van der Waals surface area (Å²) in [5.41, 5.74) is 2.42. The Hall–Kier alpha value is -3.66. The second kappa shape index (κ2) is 9.77. The molecule has 1 amide bonds. The number of hydrogen-bond donors (Lipinski definition) is 1. The molecule has 5 rings (SSSR count). The summed E-state index contributed by atoms with van der Waals surface area (Å²) in [5, 5.41) is 1.09. The van der Waals surface area contributed by atoms with Crippen molar-refractivity contribution in [2.24, 2.45) is 0 Å². The molecular weight excluding hydrogens is 518 g/mol. The zero-order valence-corrected chi connectivity index (χ0v) is 21.4. The van der Waals surface area contributed by atoms with E-state index in [1.54, 1.807) is 73.0 Å². The SMILES string of the molecule is Cc1ccc(S(=O)(=O)Nc2ccc(C(=O)N(Cc3ccco3)c3nc4ccc(Cl)cc4s3)cc2)cc1. The Morgan fingerprint density at radius 1 is 1.06 bits per heavy atom. The second-order valence-corrected chi connectivity index (χ2v) is 11.2. The van der Waals surface area contributed by atoms with Crippen LogP contribution in [0, 0.1) is 6.92 Å². The number of halogens is 1. The number of benzene rings is 3. The van der Waals surface area contributed by atoms with Crippen molar-refractivity contribution in [1.82, 2.24) is 4.98 Å². The largest absolute Gasteiger partial charge is 0.467 e. The van der Waals surface area contributed by atoms with E-state index < -0.39 is 10.0 Å². The Kier molecular flexibility index (Phi) is 6.53. The number of carbonyl (C=O) groups is 1. The molecule has 2 aromatic heterocycles. The summed E-state index contributed by atoms with van der Waals surface area (Å²) in [6, 6.07) is 21.7. The summed E-state index contributed by atoms with van der Waals surface area (Å²) in [4.78, 5) is 19.9. The standard InChI is InChI=1S/C26H20ClN3O4S2/c1-17-4-11-22(12-5-17)36(32,33)29-20-9-6-18(7-10-20)25(31)30(16-21-3-2-14-34-21)26-28-23-13-8-19(27)15-24(23)35-26/h2-15,29H,16H2,1H3. The van der Waals surface area contributed by atoms with Gasteiger partial charge in [-0.25, -0.2) is 13.4 Å². The Bertz CT molecular complexity index is 1630. The van der Waals surface area contributed by atoms with Gasteiger partial charge < -0.3 is 4.42 Å². The first-order chi connectivity index (χ1) is 17.3. The molecule has 0 saturated carbocycles. The molecule has 0 aliphatic rings. The van der Waals surface area contributed by atoms with Crippen LogP contribution in [-0.2, 0) is 16.6 Å². The van der Waals surface area contributed by atoms with Gasteiger partial charge >= 0.3 is 0 Å². The molecule has 0 aliphatic heterocycles. The lowest BCUT2D eigenvalue weighted by molar-refractivity contribution is 0.0983. The molecule has 10 heteroatoms. The zero-order valence-electron chi connectivity index (χ0n) is 19.0. The molecule has 0 bridgehead atoms. The van der Waals surface area contributed by atoms with Crippen molar-refractivity contribution in [3.63, 3.8) is 0 Å². The van der Waals surface area contributed by atoms with Crippen LogP contribution in [0.1, 0.15) is 21.7 Å². The van der Waals surface area contributed by atoms with E-state index in [0.717, 1.165) is 15.8 Å². The number of rotatable bonds is 7. The fraction of sp³-hybridized carbons (Fsp3) is 0.0769. The Labute approximate surface area is 217 Å². The number of hydrogen-bond acceptors (Lipinski definition) is 6. The lowest BCUT2D eigenvalue weighted by Gasteiger charge is -2.19. The number of furan rings is 1. The average molecular weight is 538 g/mol. The quantitative estimate of drug-likeness (QED) is 0.256. The molecule has 0 radical (unpaired) electrons. The summed E-state index contributed by atoms with van der Waals surface area (Å²) >= 11 is 7.47. The van der Waals surface area contributed by atoms with Crippen LogP contribution in [0.3, 0.4) is 0 Å². The van der Waals surface area contributed by atoms with Gasteiger partial charge in [-0.2, -0.15) is 0 Å².